The molecular formula is C26H27N3O2S2. The smallest absolute Gasteiger partial charge is 0.261 e. The van der Waals surface area contributed by atoms with E-state index in [0.717, 1.165) is 57.2 Å². The van der Waals surface area contributed by atoms with Gasteiger partial charge in [0, 0.05) is 28.9 Å². The summed E-state index contributed by atoms with van der Waals surface area (Å²) in [4.78, 5) is 33.1. The number of amides is 1. The number of thiophene rings is 2. The third kappa shape index (κ3) is 4.39. The minimum Gasteiger partial charge on any atom is -0.349 e. The van der Waals surface area contributed by atoms with Gasteiger partial charge in [-0.1, -0.05) is 13.0 Å². The van der Waals surface area contributed by atoms with Crippen LogP contribution in [0.5, 0.6) is 0 Å². The van der Waals surface area contributed by atoms with Crippen molar-refractivity contribution in [2.75, 3.05) is 0 Å². The number of carbonyl (C=O) groups is 2. The summed E-state index contributed by atoms with van der Waals surface area (Å²) in [5, 5.41) is 5.34. The molecule has 1 N–H and O–H groups in total. The molecule has 5 nitrogen and oxygen atoms in total. The number of hydrogen-bond acceptors (Lipinski definition) is 5. The molecule has 5 rings (SSSR count). The summed E-state index contributed by atoms with van der Waals surface area (Å²) < 4.78 is 2.34. The zero-order valence-electron chi connectivity index (χ0n) is 18.8. The lowest BCUT2D eigenvalue weighted by Gasteiger charge is -2.31. The van der Waals surface area contributed by atoms with E-state index >= 15 is 0 Å². The van der Waals surface area contributed by atoms with Crippen LogP contribution in [0.4, 0.5) is 0 Å². The molecular weight excluding hydrogens is 450 g/mol. The van der Waals surface area contributed by atoms with Crippen molar-refractivity contribution in [2.24, 2.45) is 0 Å². The van der Waals surface area contributed by atoms with E-state index in [9.17, 15) is 9.59 Å². The van der Waals surface area contributed by atoms with Crippen LogP contribution in [0.3, 0.4) is 0 Å². The number of carbonyl (C=O) groups excluding carboxylic acids is 2. The molecule has 3 aromatic heterocycles. The number of nitrogens with zero attached hydrogens (tertiary/aromatic N) is 2. The number of imidazole rings is 1. The Kier molecular flexibility index (Phi) is 6.17. The standard InChI is InChI=1S/C26H27N3O2S2/c1-3-22(30)17-10-11-21-20(14-17)28-25(23-8-5-13-32-23)29(21)19-7-4-6-18(15-19)27-26(31)24-12-9-16(2)33-24/h5,8-14,18-19H,3-4,6-7,15H2,1-2H3,(H,27,31). The summed E-state index contributed by atoms with van der Waals surface area (Å²) in [5.41, 5.74) is 2.63. The van der Waals surface area contributed by atoms with Gasteiger partial charge in [-0.3, -0.25) is 9.59 Å². The number of hydrogen-bond donors (Lipinski definition) is 1. The van der Waals surface area contributed by atoms with Gasteiger partial charge < -0.3 is 9.88 Å². The molecule has 33 heavy (non-hydrogen) atoms. The van der Waals surface area contributed by atoms with Crippen molar-refractivity contribution in [3.63, 3.8) is 0 Å². The monoisotopic (exact) mass is 477 g/mol. The van der Waals surface area contributed by atoms with Gasteiger partial charge in [-0.15, -0.1) is 22.7 Å². The highest BCUT2D eigenvalue weighted by atomic mass is 32.1. The third-order valence-electron chi connectivity index (χ3n) is 6.39. The predicted octanol–water partition coefficient (Wildman–Crippen LogP) is 6.64. The van der Waals surface area contributed by atoms with Crippen molar-refractivity contribution >= 4 is 45.4 Å². The Morgan fingerprint density at radius 3 is 2.79 bits per heavy atom. The van der Waals surface area contributed by atoms with Gasteiger partial charge in [-0.05, 0) is 74.4 Å². The van der Waals surface area contributed by atoms with Gasteiger partial charge >= 0.3 is 0 Å². The number of Topliss-reactive ketones (excluding diaryl/α,β-unsaturated/α-hetero) is 1. The highest BCUT2D eigenvalue weighted by molar-refractivity contribution is 7.14. The van der Waals surface area contributed by atoms with Gasteiger partial charge in [0.1, 0.15) is 0 Å². The Bertz CT molecular complexity index is 1300. The van der Waals surface area contributed by atoms with Crippen LogP contribution < -0.4 is 5.32 Å². The van der Waals surface area contributed by atoms with E-state index in [-0.39, 0.29) is 23.8 Å². The van der Waals surface area contributed by atoms with Crippen molar-refractivity contribution in [1.29, 1.82) is 0 Å². The summed E-state index contributed by atoms with van der Waals surface area (Å²) >= 11 is 3.21. The topological polar surface area (TPSA) is 64.0 Å². The minimum atomic E-state index is 0.0236. The minimum absolute atomic E-state index is 0.0236. The van der Waals surface area contributed by atoms with Crippen molar-refractivity contribution in [3.8, 4) is 10.7 Å². The summed E-state index contributed by atoms with van der Waals surface area (Å²) in [6.07, 6.45) is 4.44. The molecule has 1 saturated carbocycles. The van der Waals surface area contributed by atoms with Crippen molar-refractivity contribution in [3.05, 3.63) is 63.2 Å². The Morgan fingerprint density at radius 2 is 2.06 bits per heavy atom. The number of nitrogens with one attached hydrogen (secondary N) is 1. The van der Waals surface area contributed by atoms with Crippen LogP contribution in [0.2, 0.25) is 0 Å². The molecule has 4 aromatic rings. The Hall–Kier alpha value is -2.77. The van der Waals surface area contributed by atoms with Crippen LogP contribution >= 0.6 is 22.7 Å². The van der Waals surface area contributed by atoms with E-state index in [1.165, 1.54) is 11.3 Å². The molecule has 0 aliphatic heterocycles. The van der Waals surface area contributed by atoms with Gasteiger partial charge in [0.25, 0.3) is 5.91 Å². The molecule has 7 heteroatoms. The molecule has 3 heterocycles. The van der Waals surface area contributed by atoms with Crippen LogP contribution in [0.15, 0.2) is 47.8 Å². The fourth-order valence-corrected chi connectivity index (χ4v) is 6.25. The van der Waals surface area contributed by atoms with Crippen molar-refractivity contribution in [1.82, 2.24) is 14.9 Å². The average molecular weight is 478 g/mol. The summed E-state index contributed by atoms with van der Waals surface area (Å²) in [5.74, 6) is 1.11. The third-order valence-corrected chi connectivity index (χ3v) is 8.25. The molecule has 1 fully saturated rings. The van der Waals surface area contributed by atoms with E-state index in [2.05, 4.69) is 21.3 Å². The Labute approximate surface area is 201 Å². The predicted molar refractivity (Wildman–Crippen MR) is 135 cm³/mol. The van der Waals surface area contributed by atoms with Crippen molar-refractivity contribution < 1.29 is 9.59 Å². The number of fused-ring (bicyclic) bond motifs is 1. The number of rotatable bonds is 6. The van der Waals surface area contributed by atoms with Gasteiger partial charge in [0.05, 0.1) is 20.8 Å². The first-order valence-corrected chi connectivity index (χ1v) is 13.2. The maximum atomic E-state index is 12.8. The molecule has 1 aliphatic rings. The highest BCUT2D eigenvalue weighted by Gasteiger charge is 2.29. The van der Waals surface area contributed by atoms with Gasteiger partial charge in [0.15, 0.2) is 11.6 Å². The maximum absolute atomic E-state index is 12.8. The van der Waals surface area contributed by atoms with Gasteiger partial charge in [0.2, 0.25) is 0 Å². The molecule has 170 valence electrons. The Balaban J connectivity index is 1.47. The van der Waals surface area contributed by atoms with Gasteiger partial charge in [-0.25, -0.2) is 4.98 Å². The summed E-state index contributed by atoms with van der Waals surface area (Å²) in [6.45, 7) is 3.91. The van der Waals surface area contributed by atoms with E-state index in [1.54, 1.807) is 11.3 Å². The number of aryl methyl sites for hydroxylation is 1. The lowest BCUT2D eigenvalue weighted by Crippen LogP contribution is -2.38. The second-order valence-corrected chi connectivity index (χ2v) is 10.9. The number of ketones is 1. The van der Waals surface area contributed by atoms with Crippen LogP contribution in [-0.2, 0) is 0 Å². The first kappa shape index (κ1) is 22.0. The zero-order valence-corrected chi connectivity index (χ0v) is 20.5. The zero-order chi connectivity index (χ0) is 22.9. The molecule has 0 radical (unpaired) electrons. The molecule has 0 spiro atoms. The van der Waals surface area contributed by atoms with Gasteiger partial charge in [-0.2, -0.15) is 0 Å². The van der Waals surface area contributed by atoms with Crippen LogP contribution in [0, 0.1) is 6.92 Å². The normalized spacial score (nSPS) is 18.5. The average Bonchev–Trinajstić information content (AvgIpc) is 3.57. The fraction of sp³-hybridized carbons (Fsp3) is 0.346. The first-order valence-electron chi connectivity index (χ1n) is 11.5. The van der Waals surface area contributed by atoms with E-state index in [4.69, 9.17) is 4.98 Å². The van der Waals surface area contributed by atoms with Crippen LogP contribution in [0.1, 0.15) is 70.0 Å². The molecule has 0 bridgehead atoms. The maximum Gasteiger partial charge on any atom is 0.261 e. The quantitative estimate of drug-likeness (QED) is 0.317. The molecule has 2 unspecified atom stereocenters. The highest BCUT2D eigenvalue weighted by Crippen LogP contribution is 2.37. The molecule has 2 atom stereocenters. The molecule has 1 amide bonds. The van der Waals surface area contributed by atoms with E-state index in [1.807, 2.05) is 50.2 Å². The Morgan fingerprint density at radius 1 is 1.18 bits per heavy atom. The second kappa shape index (κ2) is 9.23. The lowest BCUT2D eigenvalue weighted by atomic mass is 9.90. The molecule has 1 aliphatic carbocycles. The summed E-state index contributed by atoms with van der Waals surface area (Å²) in [6, 6.07) is 14.3. The first-order chi connectivity index (χ1) is 16.0. The summed E-state index contributed by atoms with van der Waals surface area (Å²) in [7, 11) is 0. The van der Waals surface area contributed by atoms with Crippen molar-refractivity contribution in [2.45, 2.75) is 58.0 Å². The lowest BCUT2D eigenvalue weighted by molar-refractivity contribution is 0.0924. The fourth-order valence-electron chi connectivity index (χ4n) is 4.77. The molecule has 1 aromatic carbocycles. The van der Waals surface area contributed by atoms with Crippen LogP contribution in [0.25, 0.3) is 21.7 Å². The molecule has 0 saturated heterocycles. The second-order valence-electron chi connectivity index (χ2n) is 8.66. The SMILES string of the molecule is CCC(=O)c1ccc2c(c1)nc(-c1cccs1)n2C1CCCC(NC(=O)c2ccc(C)s2)C1. The largest absolute Gasteiger partial charge is 0.349 e. The number of benzene rings is 1. The van der Waals surface area contributed by atoms with Crippen LogP contribution in [-0.4, -0.2) is 27.3 Å². The van der Waals surface area contributed by atoms with E-state index < -0.39 is 0 Å². The van der Waals surface area contributed by atoms with E-state index in [0.29, 0.717) is 12.0 Å². The number of aromatic nitrogens is 2.